The Morgan fingerprint density at radius 2 is 2.12 bits per heavy atom. The van der Waals surface area contributed by atoms with Gasteiger partial charge in [0.2, 0.25) is 0 Å². The van der Waals surface area contributed by atoms with E-state index in [1.807, 2.05) is 31.2 Å². The molecular weight excluding hydrogens is 204 g/mol. The van der Waals surface area contributed by atoms with Crippen LogP contribution in [0.25, 0.3) is 6.08 Å². The SMILES string of the molecule is COC(=O)CC=Cc1ccc(OC)c(C)c1. The lowest BCUT2D eigenvalue weighted by Crippen LogP contribution is -1.96. The molecule has 0 aliphatic rings. The molecule has 0 unspecified atom stereocenters. The van der Waals surface area contributed by atoms with Crippen LogP contribution < -0.4 is 4.74 Å². The van der Waals surface area contributed by atoms with Gasteiger partial charge in [0.25, 0.3) is 0 Å². The van der Waals surface area contributed by atoms with Gasteiger partial charge in [0.05, 0.1) is 20.6 Å². The highest BCUT2D eigenvalue weighted by Gasteiger charge is 1.98. The fourth-order valence-corrected chi connectivity index (χ4v) is 1.38. The first-order valence-corrected chi connectivity index (χ1v) is 5.05. The molecule has 0 heterocycles. The predicted molar refractivity (Wildman–Crippen MR) is 63.4 cm³/mol. The van der Waals surface area contributed by atoms with E-state index in [0.717, 1.165) is 16.9 Å². The first-order chi connectivity index (χ1) is 7.67. The number of carbonyl (C=O) groups excluding carboxylic acids is 1. The molecule has 3 nitrogen and oxygen atoms in total. The molecule has 0 aromatic heterocycles. The fourth-order valence-electron chi connectivity index (χ4n) is 1.38. The van der Waals surface area contributed by atoms with Crippen molar-refractivity contribution < 1.29 is 14.3 Å². The van der Waals surface area contributed by atoms with Gasteiger partial charge >= 0.3 is 5.97 Å². The van der Waals surface area contributed by atoms with E-state index in [0.29, 0.717) is 6.42 Å². The van der Waals surface area contributed by atoms with Crippen LogP contribution in [0.1, 0.15) is 17.5 Å². The van der Waals surface area contributed by atoms with Crippen molar-refractivity contribution in [2.75, 3.05) is 14.2 Å². The summed E-state index contributed by atoms with van der Waals surface area (Å²) in [5, 5.41) is 0. The highest BCUT2D eigenvalue weighted by atomic mass is 16.5. The zero-order chi connectivity index (χ0) is 12.0. The first-order valence-electron chi connectivity index (χ1n) is 5.05. The van der Waals surface area contributed by atoms with Crippen LogP contribution >= 0.6 is 0 Å². The van der Waals surface area contributed by atoms with Gasteiger partial charge in [-0.1, -0.05) is 18.2 Å². The van der Waals surface area contributed by atoms with Gasteiger partial charge in [0.1, 0.15) is 5.75 Å². The fraction of sp³-hybridized carbons (Fsp3) is 0.308. The number of carbonyl (C=O) groups is 1. The Kier molecular flexibility index (Phi) is 4.58. The summed E-state index contributed by atoms with van der Waals surface area (Å²) in [7, 11) is 3.03. The third-order valence-electron chi connectivity index (χ3n) is 2.24. The zero-order valence-corrected chi connectivity index (χ0v) is 9.82. The number of benzene rings is 1. The molecule has 0 saturated heterocycles. The first kappa shape index (κ1) is 12.3. The molecule has 86 valence electrons. The number of rotatable bonds is 4. The van der Waals surface area contributed by atoms with Gasteiger partial charge in [-0.05, 0) is 30.2 Å². The minimum absolute atomic E-state index is 0.235. The van der Waals surface area contributed by atoms with E-state index in [4.69, 9.17) is 4.74 Å². The van der Waals surface area contributed by atoms with E-state index < -0.39 is 0 Å². The van der Waals surface area contributed by atoms with Crippen molar-refractivity contribution >= 4 is 12.0 Å². The lowest BCUT2D eigenvalue weighted by Gasteiger charge is -2.04. The molecule has 1 aromatic carbocycles. The van der Waals surface area contributed by atoms with Crippen LogP contribution in [0.15, 0.2) is 24.3 Å². The van der Waals surface area contributed by atoms with E-state index in [2.05, 4.69) is 4.74 Å². The van der Waals surface area contributed by atoms with Crippen molar-refractivity contribution in [3.8, 4) is 5.75 Å². The van der Waals surface area contributed by atoms with Gasteiger partial charge in [0, 0.05) is 0 Å². The molecule has 1 rings (SSSR count). The maximum absolute atomic E-state index is 10.9. The van der Waals surface area contributed by atoms with Crippen LogP contribution in [-0.4, -0.2) is 20.2 Å². The molecule has 0 saturated carbocycles. The Labute approximate surface area is 95.7 Å². The molecule has 0 aliphatic heterocycles. The molecule has 0 fully saturated rings. The average molecular weight is 220 g/mol. The largest absolute Gasteiger partial charge is 0.496 e. The van der Waals surface area contributed by atoms with Gasteiger partial charge < -0.3 is 9.47 Å². The van der Waals surface area contributed by atoms with Crippen LogP contribution in [0.5, 0.6) is 5.75 Å². The molecule has 0 radical (unpaired) electrons. The summed E-state index contributed by atoms with van der Waals surface area (Å²) in [6.45, 7) is 1.98. The normalized spacial score (nSPS) is 10.4. The minimum atomic E-state index is -0.235. The molecule has 0 amide bonds. The molecule has 0 spiro atoms. The minimum Gasteiger partial charge on any atom is -0.496 e. The zero-order valence-electron chi connectivity index (χ0n) is 9.82. The molecule has 16 heavy (non-hydrogen) atoms. The van der Waals surface area contributed by atoms with Crippen molar-refractivity contribution in [2.45, 2.75) is 13.3 Å². The molecule has 1 aromatic rings. The van der Waals surface area contributed by atoms with Crippen molar-refractivity contribution in [3.05, 3.63) is 35.4 Å². The number of esters is 1. The lowest BCUT2D eigenvalue weighted by atomic mass is 10.1. The molecule has 0 bridgehead atoms. The van der Waals surface area contributed by atoms with E-state index in [1.54, 1.807) is 13.2 Å². The number of hydrogen-bond donors (Lipinski definition) is 0. The summed E-state index contributed by atoms with van der Waals surface area (Å²) >= 11 is 0. The second-order valence-electron chi connectivity index (χ2n) is 3.41. The van der Waals surface area contributed by atoms with Gasteiger partial charge in [0.15, 0.2) is 0 Å². The molecule has 0 atom stereocenters. The van der Waals surface area contributed by atoms with E-state index in [1.165, 1.54) is 7.11 Å². The number of hydrogen-bond acceptors (Lipinski definition) is 3. The Morgan fingerprint density at radius 3 is 2.69 bits per heavy atom. The molecule has 0 aliphatic carbocycles. The van der Waals surface area contributed by atoms with Crippen LogP contribution in [0.2, 0.25) is 0 Å². The van der Waals surface area contributed by atoms with E-state index in [9.17, 15) is 4.79 Å². The van der Waals surface area contributed by atoms with Crippen LogP contribution in [0, 0.1) is 6.92 Å². The summed E-state index contributed by atoms with van der Waals surface area (Å²) in [4.78, 5) is 10.9. The maximum atomic E-state index is 10.9. The van der Waals surface area contributed by atoms with Crippen molar-refractivity contribution in [2.24, 2.45) is 0 Å². The van der Waals surface area contributed by atoms with Crippen molar-refractivity contribution in [1.82, 2.24) is 0 Å². The number of methoxy groups -OCH3 is 2. The Bertz CT molecular complexity index is 394. The van der Waals surface area contributed by atoms with Gasteiger partial charge in [-0.25, -0.2) is 0 Å². The standard InChI is InChI=1S/C13H16O3/c1-10-9-11(7-8-12(10)15-2)5-4-6-13(14)16-3/h4-5,7-9H,6H2,1-3H3. The summed E-state index contributed by atoms with van der Waals surface area (Å²) in [5.41, 5.74) is 2.12. The van der Waals surface area contributed by atoms with Gasteiger partial charge in [-0.3, -0.25) is 4.79 Å². The Balaban J connectivity index is 2.68. The highest BCUT2D eigenvalue weighted by Crippen LogP contribution is 2.19. The maximum Gasteiger partial charge on any atom is 0.309 e. The second kappa shape index (κ2) is 5.95. The van der Waals surface area contributed by atoms with Crippen molar-refractivity contribution in [1.29, 1.82) is 0 Å². The third-order valence-corrected chi connectivity index (χ3v) is 2.24. The Morgan fingerprint density at radius 1 is 1.38 bits per heavy atom. The number of ether oxygens (including phenoxy) is 2. The summed E-state index contributed by atoms with van der Waals surface area (Å²) in [6.07, 6.45) is 3.97. The van der Waals surface area contributed by atoms with E-state index >= 15 is 0 Å². The summed E-state index contributed by atoms with van der Waals surface area (Å²) < 4.78 is 9.70. The van der Waals surface area contributed by atoms with Crippen LogP contribution in [0.4, 0.5) is 0 Å². The summed E-state index contributed by atoms with van der Waals surface area (Å²) in [5.74, 6) is 0.631. The molecule has 3 heteroatoms. The lowest BCUT2D eigenvalue weighted by molar-refractivity contribution is -0.139. The topological polar surface area (TPSA) is 35.5 Å². The van der Waals surface area contributed by atoms with Gasteiger partial charge in [-0.2, -0.15) is 0 Å². The van der Waals surface area contributed by atoms with Crippen molar-refractivity contribution in [3.63, 3.8) is 0 Å². The summed E-state index contributed by atoms with van der Waals surface area (Å²) in [6, 6.07) is 5.86. The van der Waals surface area contributed by atoms with Crippen LogP contribution in [0.3, 0.4) is 0 Å². The van der Waals surface area contributed by atoms with Crippen LogP contribution in [-0.2, 0) is 9.53 Å². The van der Waals surface area contributed by atoms with E-state index in [-0.39, 0.29) is 5.97 Å². The second-order valence-corrected chi connectivity index (χ2v) is 3.41. The molecular formula is C13H16O3. The van der Waals surface area contributed by atoms with Gasteiger partial charge in [-0.15, -0.1) is 0 Å². The monoisotopic (exact) mass is 220 g/mol. The average Bonchev–Trinajstić information content (AvgIpc) is 2.29. The third kappa shape index (κ3) is 3.42. The molecule has 0 N–H and O–H groups in total. The highest BCUT2D eigenvalue weighted by molar-refractivity contribution is 5.72. The Hall–Kier alpha value is -1.77. The quantitative estimate of drug-likeness (QED) is 0.731. The smallest absolute Gasteiger partial charge is 0.309 e. The number of aryl methyl sites for hydroxylation is 1. The predicted octanol–water partition coefficient (Wildman–Crippen LogP) is 2.58.